The van der Waals surface area contributed by atoms with Crippen molar-refractivity contribution in [1.82, 2.24) is 10.3 Å². The molecule has 10 heteroatoms. The molecular weight excluding hydrogens is 344 g/mol. The van der Waals surface area contributed by atoms with Crippen LogP contribution in [-0.4, -0.2) is 33.9 Å². The molecule has 0 saturated heterocycles. The molecule has 0 aliphatic heterocycles. The molecule has 2 amide bonds. The third-order valence-electron chi connectivity index (χ3n) is 2.42. The van der Waals surface area contributed by atoms with Crippen molar-refractivity contribution in [3.05, 3.63) is 27.0 Å². The molecule has 1 rings (SSSR count). The normalized spacial score (nSPS) is 11.8. The van der Waals surface area contributed by atoms with Gasteiger partial charge in [-0.05, 0) is 6.42 Å². The van der Waals surface area contributed by atoms with Crippen molar-refractivity contribution >= 4 is 52.6 Å². The van der Waals surface area contributed by atoms with E-state index in [0.717, 1.165) is 6.20 Å². The molecule has 0 aliphatic carbocycles. The van der Waals surface area contributed by atoms with Crippen molar-refractivity contribution in [2.45, 2.75) is 18.9 Å². The fraction of sp³-hybridized carbons (Fsp3) is 0.273. The Hall–Kier alpha value is -1.57. The SMILES string of the molecule is NC(=O)CCC(NC(=O)c1ncc(Cl)c(Cl)c1Cl)C(=O)O. The van der Waals surface area contributed by atoms with Crippen LogP contribution in [0.5, 0.6) is 0 Å². The highest BCUT2D eigenvalue weighted by molar-refractivity contribution is 6.48. The van der Waals surface area contributed by atoms with Crippen molar-refractivity contribution in [2.75, 3.05) is 0 Å². The van der Waals surface area contributed by atoms with Gasteiger partial charge in [-0.15, -0.1) is 0 Å². The molecular formula is C11H10Cl3N3O4. The minimum Gasteiger partial charge on any atom is -0.480 e. The van der Waals surface area contributed by atoms with E-state index >= 15 is 0 Å². The molecule has 0 radical (unpaired) electrons. The van der Waals surface area contributed by atoms with Crippen molar-refractivity contribution in [3.63, 3.8) is 0 Å². The topological polar surface area (TPSA) is 122 Å². The summed E-state index contributed by atoms with van der Waals surface area (Å²) < 4.78 is 0. The highest BCUT2D eigenvalue weighted by Crippen LogP contribution is 2.31. The number of primary amides is 1. The summed E-state index contributed by atoms with van der Waals surface area (Å²) >= 11 is 17.3. The molecule has 1 atom stereocenters. The lowest BCUT2D eigenvalue weighted by Gasteiger charge is -2.14. The Morgan fingerprint density at radius 2 is 1.90 bits per heavy atom. The van der Waals surface area contributed by atoms with Crippen LogP contribution < -0.4 is 11.1 Å². The van der Waals surface area contributed by atoms with Gasteiger partial charge in [-0.3, -0.25) is 9.59 Å². The van der Waals surface area contributed by atoms with E-state index in [4.69, 9.17) is 45.6 Å². The van der Waals surface area contributed by atoms with E-state index in [1.807, 2.05) is 0 Å². The minimum absolute atomic E-state index is 0.0572. The number of hydrogen-bond acceptors (Lipinski definition) is 4. The quantitative estimate of drug-likeness (QED) is 0.714. The average Bonchev–Trinajstić information content (AvgIpc) is 2.40. The summed E-state index contributed by atoms with van der Waals surface area (Å²) in [6.45, 7) is 0. The molecule has 0 aromatic carbocycles. The van der Waals surface area contributed by atoms with Crippen LogP contribution in [0.1, 0.15) is 23.3 Å². The maximum atomic E-state index is 11.9. The number of aromatic nitrogens is 1. The average molecular weight is 355 g/mol. The number of halogens is 3. The van der Waals surface area contributed by atoms with E-state index < -0.39 is 23.8 Å². The second kappa shape index (κ2) is 7.44. The van der Waals surface area contributed by atoms with E-state index in [0.29, 0.717) is 0 Å². The number of carboxylic acids is 1. The molecule has 114 valence electrons. The Labute approximate surface area is 134 Å². The van der Waals surface area contributed by atoms with E-state index in [1.165, 1.54) is 0 Å². The summed E-state index contributed by atoms with van der Waals surface area (Å²) in [6, 6.07) is -1.31. The lowest BCUT2D eigenvalue weighted by molar-refractivity contribution is -0.139. The van der Waals surface area contributed by atoms with Crippen molar-refractivity contribution in [2.24, 2.45) is 5.73 Å². The first kappa shape index (κ1) is 17.5. The number of nitrogens with two attached hydrogens (primary N) is 1. The van der Waals surface area contributed by atoms with Gasteiger partial charge in [0.1, 0.15) is 11.7 Å². The summed E-state index contributed by atoms with van der Waals surface area (Å²) in [6.07, 6.45) is 0.763. The molecule has 1 aromatic rings. The molecule has 1 unspecified atom stereocenters. The van der Waals surface area contributed by atoms with E-state index in [2.05, 4.69) is 10.3 Å². The van der Waals surface area contributed by atoms with Gasteiger partial charge in [0, 0.05) is 12.6 Å². The number of hydrogen-bond donors (Lipinski definition) is 3. The van der Waals surface area contributed by atoms with Crippen LogP contribution in [0, 0.1) is 0 Å². The van der Waals surface area contributed by atoms with Gasteiger partial charge in [-0.2, -0.15) is 0 Å². The first-order valence-electron chi connectivity index (χ1n) is 5.55. The number of nitrogens with zero attached hydrogens (tertiary/aromatic N) is 1. The van der Waals surface area contributed by atoms with Gasteiger partial charge in [0.15, 0.2) is 0 Å². The van der Waals surface area contributed by atoms with Gasteiger partial charge >= 0.3 is 5.97 Å². The molecule has 0 bridgehead atoms. The van der Waals surface area contributed by atoms with Gasteiger partial charge in [0.2, 0.25) is 5.91 Å². The first-order chi connectivity index (χ1) is 9.73. The largest absolute Gasteiger partial charge is 0.480 e. The second-order valence-electron chi connectivity index (χ2n) is 3.95. The standard InChI is InChI=1S/C11H10Cl3N3O4/c12-4-3-16-9(8(14)7(4)13)10(19)17-5(11(20)21)1-2-6(15)18/h3,5H,1-2H2,(H2,15,18)(H,17,19)(H,20,21). The summed E-state index contributed by atoms with van der Waals surface area (Å²) in [5, 5.41) is 11.0. The van der Waals surface area contributed by atoms with E-state index in [1.54, 1.807) is 0 Å². The van der Waals surface area contributed by atoms with Gasteiger partial charge in [-0.1, -0.05) is 34.8 Å². The van der Waals surface area contributed by atoms with Crippen LogP contribution in [0.2, 0.25) is 15.1 Å². The molecule has 21 heavy (non-hydrogen) atoms. The number of carbonyl (C=O) groups excluding carboxylic acids is 2. The molecule has 0 spiro atoms. The van der Waals surface area contributed by atoms with Crippen molar-refractivity contribution < 1.29 is 19.5 Å². The molecule has 1 aromatic heterocycles. The fourth-order valence-electron chi connectivity index (χ4n) is 1.37. The first-order valence-corrected chi connectivity index (χ1v) is 6.69. The monoisotopic (exact) mass is 353 g/mol. The maximum Gasteiger partial charge on any atom is 0.326 e. The van der Waals surface area contributed by atoms with Crippen LogP contribution in [0.15, 0.2) is 6.20 Å². The zero-order chi connectivity index (χ0) is 16.2. The number of carbonyl (C=O) groups is 3. The second-order valence-corrected chi connectivity index (χ2v) is 5.12. The summed E-state index contributed by atoms with van der Waals surface area (Å²) in [5.41, 5.74) is 4.67. The van der Waals surface area contributed by atoms with Crippen LogP contribution in [0.4, 0.5) is 0 Å². The highest BCUT2D eigenvalue weighted by atomic mass is 35.5. The number of pyridine rings is 1. The molecule has 0 aliphatic rings. The maximum absolute atomic E-state index is 11.9. The van der Waals surface area contributed by atoms with Crippen LogP contribution in [0.25, 0.3) is 0 Å². The van der Waals surface area contributed by atoms with Gasteiger partial charge < -0.3 is 16.2 Å². The Kier molecular flexibility index (Phi) is 6.19. The fourth-order valence-corrected chi connectivity index (χ4v) is 1.94. The minimum atomic E-state index is -1.32. The number of aliphatic carboxylic acids is 1. The zero-order valence-electron chi connectivity index (χ0n) is 10.4. The number of amides is 2. The molecule has 0 fully saturated rings. The van der Waals surface area contributed by atoms with Crippen molar-refractivity contribution in [3.8, 4) is 0 Å². The lowest BCUT2D eigenvalue weighted by atomic mass is 10.1. The highest BCUT2D eigenvalue weighted by Gasteiger charge is 2.24. The number of carboxylic acid groups (broad SMARTS) is 1. The zero-order valence-corrected chi connectivity index (χ0v) is 12.7. The molecule has 1 heterocycles. The van der Waals surface area contributed by atoms with Crippen LogP contribution in [-0.2, 0) is 9.59 Å². The predicted octanol–water partition coefficient (Wildman–Crippen LogP) is 1.49. The van der Waals surface area contributed by atoms with E-state index in [9.17, 15) is 14.4 Å². The lowest BCUT2D eigenvalue weighted by Crippen LogP contribution is -2.41. The molecule has 4 N–H and O–H groups in total. The summed E-state index contributed by atoms with van der Waals surface area (Å²) in [7, 11) is 0. The Morgan fingerprint density at radius 3 is 2.43 bits per heavy atom. The molecule has 7 nitrogen and oxygen atoms in total. The Balaban J connectivity index is 2.90. The van der Waals surface area contributed by atoms with Crippen molar-refractivity contribution in [1.29, 1.82) is 0 Å². The van der Waals surface area contributed by atoms with Crippen LogP contribution in [0.3, 0.4) is 0 Å². The van der Waals surface area contributed by atoms with Gasteiger partial charge in [-0.25, -0.2) is 9.78 Å². The van der Waals surface area contributed by atoms with Gasteiger partial charge in [0.05, 0.1) is 15.1 Å². The third kappa shape index (κ3) is 4.73. The Morgan fingerprint density at radius 1 is 1.29 bits per heavy atom. The van der Waals surface area contributed by atoms with Gasteiger partial charge in [0.25, 0.3) is 5.91 Å². The number of rotatable bonds is 6. The third-order valence-corrected chi connectivity index (χ3v) is 3.66. The summed E-state index contributed by atoms with van der Waals surface area (Å²) in [5.74, 6) is -2.85. The predicted molar refractivity (Wildman–Crippen MR) is 76.6 cm³/mol. The number of nitrogens with one attached hydrogen (secondary N) is 1. The van der Waals surface area contributed by atoms with Crippen LogP contribution >= 0.6 is 34.8 Å². The van der Waals surface area contributed by atoms with E-state index in [-0.39, 0.29) is 33.6 Å². The molecule has 0 saturated carbocycles. The summed E-state index contributed by atoms with van der Waals surface area (Å²) in [4.78, 5) is 37.3. The smallest absolute Gasteiger partial charge is 0.326 e. The Bertz CT molecular complexity index is 594.